The SMILES string of the molecule is CCCC(O)(CCC)CNC(=O)Cc1ccc(C(=O)O)cc1. The standard InChI is InChI=1S/C17H25NO4/c1-3-9-17(22,10-4-2)12-18-15(19)11-13-5-7-14(8-6-13)16(20)21/h5-8,22H,3-4,9-12H2,1-2H3,(H,18,19)(H,20,21). The maximum atomic E-state index is 11.9. The van der Waals surface area contributed by atoms with Crippen molar-refractivity contribution < 1.29 is 19.8 Å². The van der Waals surface area contributed by atoms with Crippen molar-refractivity contribution in [3.63, 3.8) is 0 Å². The van der Waals surface area contributed by atoms with Crippen LogP contribution in [0.1, 0.15) is 55.5 Å². The maximum absolute atomic E-state index is 11.9. The van der Waals surface area contributed by atoms with Gasteiger partial charge < -0.3 is 15.5 Å². The molecule has 1 rings (SSSR count). The minimum absolute atomic E-state index is 0.172. The molecule has 122 valence electrons. The topological polar surface area (TPSA) is 86.6 Å². The summed E-state index contributed by atoms with van der Waals surface area (Å²) in [6, 6.07) is 6.23. The summed E-state index contributed by atoms with van der Waals surface area (Å²) in [4.78, 5) is 22.7. The number of amides is 1. The highest BCUT2D eigenvalue weighted by Crippen LogP contribution is 2.18. The molecule has 0 unspecified atom stereocenters. The Morgan fingerprint density at radius 2 is 1.64 bits per heavy atom. The van der Waals surface area contributed by atoms with E-state index in [1.807, 2.05) is 13.8 Å². The third kappa shape index (κ3) is 5.85. The van der Waals surface area contributed by atoms with E-state index in [-0.39, 0.29) is 24.4 Å². The molecule has 0 atom stereocenters. The van der Waals surface area contributed by atoms with Crippen LogP contribution >= 0.6 is 0 Å². The Hall–Kier alpha value is -1.88. The number of rotatable bonds is 9. The Morgan fingerprint density at radius 1 is 1.09 bits per heavy atom. The first-order valence-electron chi connectivity index (χ1n) is 7.71. The molecule has 22 heavy (non-hydrogen) atoms. The summed E-state index contributed by atoms with van der Waals surface area (Å²) in [6.07, 6.45) is 3.23. The fraction of sp³-hybridized carbons (Fsp3) is 0.529. The first kappa shape index (κ1) is 18.2. The van der Waals surface area contributed by atoms with Crippen LogP contribution in [0.15, 0.2) is 24.3 Å². The number of aliphatic hydroxyl groups is 1. The zero-order chi connectivity index (χ0) is 16.6. The highest BCUT2D eigenvalue weighted by atomic mass is 16.4. The molecule has 0 aliphatic heterocycles. The number of carboxylic acid groups (broad SMARTS) is 1. The molecule has 0 heterocycles. The van der Waals surface area contributed by atoms with Crippen LogP contribution in [0.4, 0.5) is 0 Å². The van der Waals surface area contributed by atoms with Gasteiger partial charge in [0.1, 0.15) is 0 Å². The Morgan fingerprint density at radius 3 is 2.09 bits per heavy atom. The second-order valence-corrected chi connectivity index (χ2v) is 5.68. The van der Waals surface area contributed by atoms with Crippen molar-refractivity contribution in [2.24, 2.45) is 0 Å². The predicted octanol–water partition coefficient (Wildman–Crippen LogP) is 2.37. The second-order valence-electron chi connectivity index (χ2n) is 5.68. The highest BCUT2D eigenvalue weighted by Gasteiger charge is 2.25. The fourth-order valence-corrected chi connectivity index (χ4v) is 2.51. The minimum Gasteiger partial charge on any atom is -0.478 e. The van der Waals surface area contributed by atoms with Gasteiger partial charge in [0.25, 0.3) is 0 Å². The number of nitrogens with one attached hydrogen (secondary N) is 1. The van der Waals surface area contributed by atoms with Gasteiger partial charge in [-0.15, -0.1) is 0 Å². The number of aromatic carboxylic acids is 1. The predicted molar refractivity (Wildman–Crippen MR) is 84.9 cm³/mol. The van der Waals surface area contributed by atoms with E-state index in [9.17, 15) is 14.7 Å². The fourth-order valence-electron chi connectivity index (χ4n) is 2.51. The molecule has 0 saturated carbocycles. The van der Waals surface area contributed by atoms with Crippen LogP contribution in [0.5, 0.6) is 0 Å². The third-order valence-electron chi connectivity index (χ3n) is 3.61. The van der Waals surface area contributed by atoms with Gasteiger partial charge in [-0.25, -0.2) is 4.79 Å². The number of carboxylic acids is 1. The van der Waals surface area contributed by atoms with Crippen molar-refractivity contribution in [2.45, 2.75) is 51.6 Å². The lowest BCUT2D eigenvalue weighted by Crippen LogP contribution is -2.43. The van der Waals surface area contributed by atoms with E-state index in [1.54, 1.807) is 12.1 Å². The van der Waals surface area contributed by atoms with Gasteiger partial charge in [-0.2, -0.15) is 0 Å². The maximum Gasteiger partial charge on any atom is 0.335 e. The normalized spacial score (nSPS) is 11.2. The van der Waals surface area contributed by atoms with Crippen LogP contribution in [0.3, 0.4) is 0 Å². The Balaban J connectivity index is 2.53. The van der Waals surface area contributed by atoms with Gasteiger partial charge in [0.2, 0.25) is 5.91 Å². The molecule has 3 N–H and O–H groups in total. The molecule has 0 aromatic heterocycles. The Labute approximate surface area is 131 Å². The molecule has 0 bridgehead atoms. The summed E-state index contributed by atoms with van der Waals surface area (Å²) in [7, 11) is 0. The number of carbonyl (C=O) groups excluding carboxylic acids is 1. The lowest BCUT2D eigenvalue weighted by Gasteiger charge is -2.27. The number of hydrogen-bond donors (Lipinski definition) is 3. The highest BCUT2D eigenvalue weighted by molar-refractivity contribution is 5.87. The van der Waals surface area contributed by atoms with E-state index >= 15 is 0 Å². The van der Waals surface area contributed by atoms with Crippen molar-refractivity contribution in [3.05, 3.63) is 35.4 Å². The van der Waals surface area contributed by atoms with Gasteiger partial charge in [0, 0.05) is 6.54 Å². The zero-order valence-electron chi connectivity index (χ0n) is 13.3. The van der Waals surface area contributed by atoms with Crippen LogP contribution in [-0.2, 0) is 11.2 Å². The minimum atomic E-state index is -0.986. The van der Waals surface area contributed by atoms with E-state index in [2.05, 4.69) is 5.32 Å². The summed E-state index contributed by atoms with van der Waals surface area (Å²) in [5, 5.41) is 22.0. The molecule has 5 nitrogen and oxygen atoms in total. The molecule has 0 aliphatic rings. The lowest BCUT2D eigenvalue weighted by molar-refractivity contribution is -0.121. The van der Waals surface area contributed by atoms with Crippen LogP contribution < -0.4 is 5.32 Å². The second kappa shape index (κ2) is 8.54. The van der Waals surface area contributed by atoms with E-state index in [4.69, 9.17) is 5.11 Å². The molecule has 1 aromatic carbocycles. The summed E-state index contributed by atoms with van der Waals surface area (Å²) in [5.41, 5.74) is 0.105. The van der Waals surface area contributed by atoms with Gasteiger partial charge in [-0.05, 0) is 30.5 Å². The van der Waals surface area contributed by atoms with Crippen LogP contribution in [0.2, 0.25) is 0 Å². The largest absolute Gasteiger partial charge is 0.478 e. The van der Waals surface area contributed by atoms with Crippen LogP contribution in [-0.4, -0.2) is 34.2 Å². The molecular formula is C17H25NO4. The Bertz CT molecular complexity index is 490. The molecule has 0 saturated heterocycles. The van der Waals surface area contributed by atoms with Gasteiger partial charge in [0.05, 0.1) is 17.6 Å². The number of hydrogen-bond acceptors (Lipinski definition) is 3. The molecule has 0 fully saturated rings. The quantitative estimate of drug-likeness (QED) is 0.653. The van der Waals surface area contributed by atoms with E-state index < -0.39 is 11.6 Å². The zero-order valence-corrected chi connectivity index (χ0v) is 13.3. The van der Waals surface area contributed by atoms with E-state index in [0.717, 1.165) is 18.4 Å². The summed E-state index contributed by atoms with van der Waals surface area (Å²) in [6.45, 7) is 4.26. The monoisotopic (exact) mass is 307 g/mol. The van der Waals surface area contributed by atoms with Crippen molar-refractivity contribution in [2.75, 3.05) is 6.54 Å². The summed E-state index contributed by atoms with van der Waals surface area (Å²) >= 11 is 0. The van der Waals surface area contributed by atoms with E-state index in [1.165, 1.54) is 12.1 Å². The average molecular weight is 307 g/mol. The van der Waals surface area contributed by atoms with Crippen LogP contribution in [0, 0.1) is 0 Å². The molecule has 0 aliphatic carbocycles. The lowest BCUT2D eigenvalue weighted by atomic mass is 9.92. The smallest absolute Gasteiger partial charge is 0.335 e. The van der Waals surface area contributed by atoms with Gasteiger partial charge >= 0.3 is 5.97 Å². The summed E-state index contributed by atoms with van der Waals surface area (Å²) in [5.74, 6) is -1.16. The Kier molecular flexibility index (Phi) is 7.05. The van der Waals surface area contributed by atoms with Gasteiger partial charge in [-0.1, -0.05) is 38.8 Å². The van der Waals surface area contributed by atoms with E-state index in [0.29, 0.717) is 12.8 Å². The van der Waals surface area contributed by atoms with Crippen molar-refractivity contribution in [3.8, 4) is 0 Å². The number of carbonyl (C=O) groups is 2. The van der Waals surface area contributed by atoms with Crippen LogP contribution in [0.25, 0.3) is 0 Å². The molecule has 1 amide bonds. The van der Waals surface area contributed by atoms with Gasteiger partial charge in [0.15, 0.2) is 0 Å². The number of benzene rings is 1. The van der Waals surface area contributed by atoms with Crippen molar-refractivity contribution in [1.82, 2.24) is 5.32 Å². The molecule has 1 aromatic rings. The summed E-state index contributed by atoms with van der Waals surface area (Å²) < 4.78 is 0. The van der Waals surface area contributed by atoms with Gasteiger partial charge in [-0.3, -0.25) is 4.79 Å². The molecule has 0 radical (unpaired) electrons. The average Bonchev–Trinajstić information content (AvgIpc) is 2.46. The molecular weight excluding hydrogens is 282 g/mol. The van der Waals surface area contributed by atoms with Crippen molar-refractivity contribution in [1.29, 1.82) is 0 Å². The van der Waals surface area contributed by atoms with Crippen molar-refractivity contribution >= 4 is 11.9 Å². The first-order chi connectivity index (χ1) is 10.4. The first-order valence-corrected chi connectivity index (χ1v) is 7.71. The third-order valence-corrected chi connectivity index (χ3v) is 3.61. The molecule has 5 heteroatoms. The molecule has 0 spiro atoms.